The second-order valence-electron chi connectivity index (χ2n) is 5.85. The van der Waals surface area contributed by atoms with E-state index in [1.807, 2.05) is 0 Å². The number of carbonyl (C=O) groups is 4. The first-order valence-corrected chi connectivity index (χ1v) is 9.14. The van der Waals surface area contributed by atoms with E-state index in [9.17, 15) is 19.2 Å². The predicted molar refractivity (Wildman–Crippen MR) is 108 cm³/mol. The summed E-state index contributed by atoms with van der Waals surface area (Å²) < 4.78 is 19.3. The summed E-state index contributed by atoms with van der Waals surface area (Å²) in [5, 5.41) is 0. The van der Waals surface area contributed by atoms with E-state index in [0.29, 0.717) is 11.5 Å². The van der Waals surface area contributed by atoms with Gasteiger partial charge in [-0.15, -0.1) is 0 Å². The fraction of sp³-hybridized carbons (Fsp3) is 0.182. The number of hydrogen-bond donors (Lipinski definition) is 0. The number of Topliss-reactive ketones (excluding diaryl/α,β-unsaturated/α-hetero) is 2. The van der Waals surface area contributed by atoms with Gasteiger partial charge in [-0.25, -0.2) is 9.59 Å². The third kappa shape index (κ3) is 7.26. The van der Waals surface area contributed by atoms with Gasteiger partial charge in [0.2, 0.25) is 0 Å². The lowest BCUT2D eigenvalue weighted by Crippen LogP contribution is -2.19. The van der Waals surface area contributed by atoms with Crippen molar-refractivity contribution in [2.75, 3.05) is 27.4 Å². The lowest BCUT2D eigenvalue weighted by molar-refractivity contribution is -0.255. The van der Waals surface area contributed by atoms with Crippen LogP contribution < -0.4 is 9.47 Å². The molecule has 0 aliphatic rings. The lowest BCUT2D eigenvalue weighted by Gasteiger charge is -2.05. The van der Waals surface area contributed by atoms with Gasteiger partial charge in [-0.05, 0) is 48.5 Å². The maximum atomic E-state index is 11.9. The molecule has 2 aromatic rings. The summed E-state index contributed by atoms with van der Waals surface area (Å²) in [5.74, 6) is -2.77. The van der Waals surface area contributed by atoms with Crippen LogP contribution in [0.25, 0.3) is 0 Å². The van der Waals surface area contributed by atoms with Gasteiger partial charge in [0.25, 0.3) is 11.6 Å². The van der Waals surface area contributed by atoms with Gasteiger partial charge < -0.3 is 23.8 Å². The molecular weight excluding hydrogens is 424 g/mol. The molecule has 0 atom stereocenters. The quantitative estimate of drug-likeness (QED) is 0.0916. The van der Waals surface area contributed by atoms with E-state index in [2.05, 4.69) is 14.5 Å². The molecule has 0 N–H and O–H groups in total. The largest absolute Gasteiger partial charge is 0.497 e. The van der Waals surface area contributed by atoms with Gasteiger partial charge in [0.15, 0.2) is 6.26 Å². The lowest BCUT2D eigenvalue weighted by atomic mass is 10.1. The Labute approximate surface area is 183 Å². The smallest absolute Gasteiger partial charge is 0.384 e. The van der Waals surface area contributed by atoms with Crippen LogP contribution in [-0.4, -0.2) is 50.9 Å². The number of carbonyl (C=O) groups excluding carboxylic acids is 4. The molecule has 0 unspecified atom stereocenters. The number of ketones is 2. The zero-order chi connectivity index (χ0) is 23.3. The standard InChI is InChI=1S/C22H20O10/c1-27-17-7-3-15(4-8-17)19(23)21(25)29-11-13-31-32-14-12-30-22(26)20(24)16-5-9-18(28-2)10-6-16/h3-11,13H,12,14H2,1-2H3. The SMILES string of the molecule is COc1ccc(C(=O)C(=O)OC=COOCCOC(=O)C(=O)c2ccc(OC)cc2)cc1. The summed E-state index contributed by atoms with van der Waals surface area (Å²) in [6.45, 7) is -0.463. The molecule has 2 rings (SSSR count). The molecule has 10 nitrogen and oxygen atoms in total. The first-order chi connectivity index (χ1) is 15.5. The summed E-state index contributed by atoms with van der Waals surface area (Å²) in [6, 6.07) is 11.9. The van der Waals surface area contributed by atoms with Gasteiger partial charge in [-0.1, -0.05) is 0 Å². The Kier molecular flexibility index (Phi) is 9.41. The number of ether oxygens (including phenoxy) is 4. The predicted octanol–water partition coefficient (Wildman–Crippen LogP) is 2.28. The zero-order valence-electron chi connectivity index (χ0n) is 17.3. The molecule has 0 heterocycles. The molecule has 0 aromatic heterocycles. The van der Waals surface area contributed by atoms with Crippen molar-refractivity contribution in [2.45, 2.75) is 0 Å². The van der Waals surface area contributed by atoms with Gasteiger partial charge in [0, 0.05) is 11.1 Å². The van der Waals surface area contributed by atoms with Crippen molar-refractivity contribution < 1.29 is 47.9 Å². The normalized spacial score (nSPS) is 10.3. The van der Waals surface area contributed by atoms with E-state index in [-0.39, 0.29) is 24.3 Å². The average Bonchev–Trinajstić information content (AvgIpc) is 2.84. The summed E-state index contributed by atoms with van der Waals surface area (Å²) in [7, 11) is 2.96. The van der Waals surface area contributed by atoms with Crippen LogP contribution in [-0.2, 0) is 28.8 Å². The number of esters is 2. The summed E-state index contributed by atoms with van der Waals surface area (Å²) in [4.78, 5) is 56.5. The van der Waals surface area contributed by atoms with Crippen LogP contribution in [0.4, 0.5) is 0 Å². The third-order valence-electron chi connectivity index (χ3n) is 3.83. The minimum atomic E-state index is -1.12. The van der Waals surface area contributed by atoms with E-state index in [1.165, 1.54) is 50.6 Å². The van der Waals surface area contributed by atoms with E-state index >= 15 is 0 Å². The molecule has 10 heteroatoms. The van der Waals surface area contributed by atoms with Gasteiger partial charge in [0.05, 0.1) is 14.2 Å². The molecular formula is C22H20O10. The number of hydrogen-bond acceptors (Lipinski definition) is 10. The van der Waals surface area contributed by atoms with E-state index in [1.54, 1.807) is 12.1 Å². The van der Waals surface area contributed by atoms with Gasteiger partial charge in [-0.2, -0.15) is 4.89 Å². The zero-order valence-corrected chi connectivity index (χ0v) is 17.3. The molecule has 0 amide bonds. The van der Waals surface area contributed by atoms with Crippen LogP contribution in [0, 0.1) is 0 Å². The molecule has 0 aliphatic carbocycles. The Bertz CT molecular complexity index is 961. The van der Waals surface area contributed by atoms with E-state index < -0.39 is 23.5 Å². The van der Waals surface area contributed by atoms with Crippen molar-refractivity contribution in [3.05, 3.63) is 72.2 Å². The maximum Gasteiger partial charge on any atom is 0.384 e. The minimum absolute atomic E-state index is 0.132. The molecule has 0 bridgehead atoms. The molecule has 2 aromatic carbocycles. The second-order valence-corrected chi connectivity index (χ2v) is 5.85. The third-order valence-corrected chi connectivity index (χ3v) is 3.83. The van der Waals surface area contributed by atoms with Crippen LogP contribution in [0.3, 0.4) is 0 Å². The van der Waals surface area contributed by atoms with Gasteiger partial charge in [0.1, 0.15) is 31.0 Å². The summed E-state index contributed by atoms with van der Waals surface area (Å²) in [6.07, 6.45) is 1.67. The highest BCUT2D eigenvalue weighted by Gasteiger charge is 2.18. The fourth-order valence-electron chi connectivity index (χ4n) is 2.21. The fourth-order valence-corrected chi connectivity index (χ4v) is 2.21. The Balaban J connectivity index is 1.62. The number of benzene rings is 2. The van der Waals surface area contributed by atoms with Gasteiger partial charge in [-0.3, -0.25) is 9.59 Å². The van der Waals surface area contributed by atoms with E-state index in [0.717, 1.165) is 12.5 Å². The van der Waals surface area contributed by atoms with Crippen molar-refractivity contribution in [1.82, 2.24) is 0 Å². The molecule has 0 aliphatic heterocycles. The highest BCUT2D eigenvalue weighted by molar-refractivity contribution is 6.41. The molecule has 0 radical (unpaired) electrons. The van der Waals surface area contributed by atoms with Crippen LogP contribution >= 0.6 is 0 Å². The van der Waals surface area contributed by atoms with Crippen molar-refractivity contribution in [3.63, 3.8) is 0 Å². The molecule has 168 valence electrons. The van der Waals surface area contributed by atoms with Crippen LogP contribution in [0.2, 0.25) is 0 Å². The molecule has 32 heavy (non-hydrogen) atoms. The Morgan fingerprint density at radius 3 is 1.69 bits per heavy atom. The van der Waals surface area contributed by atoms with Crippen molar-refractivity contribution in [2.24, 2.45) is 0 Å². The van der Waals surface area contributed by atoms with E-state index in [4.69, 9.17) is 14.2 Å². The number of rotatable bonds is 12. The first kappa shape index (κ1) is 24.1. The van der Waals surface area contributed by atoms with Crippen molar-refractivity contribution in [3.8, 4) is 11.5 Å². The molecule has 0 saturated heterocycles. The molecule has 0 saturated carbocycles. The highest BCUT2D eigenvalue weighted by atomic mass is 17.2. The topological polar surface area (TPSA) is 124 Å². The van der Waals surface area contributed by atoms with Gasteiger partial charge >= 0.3 is 11.9 Å². The monoisotopic (exact) mass is 444 g/mol. The first-order valence-electron chi connectivity index (χ1n) is 9.14. The van der Waals surface area contributed by atoms with Crippen LogP contribution in [0.5, 0.6) is 11.5 Å². The van der Waals surface area contributed by atoms with Crippen molar-refractivity contribution in [1.29, 1.82) is 0 Å². The van der Waals surface area contributed by atoms with Crippen LogP contribution in [0.15, 0.2) is 61.1 Å². The Hall–Kier alpha value is -4.18. The summed E-state index contributed by atoms with van der Waals surface area (Å²) >= 11 is 0. The van der Waals surface area contributed by atoms with Crippen LogP contribution in [0.1, 0.15) is 20.7 Å². The Morgan fingerprint density at radius 2 is 1.19 bits per heavy atom. The van der Waals surface area contributed by atoms with Crippen molar-refractivity contribution >= 4 is 23.5 Å². The summed E-state index contributed by atoms with van der Waals surface area (Å²) in [5.41, 5.74) is 0.286. The molecule has 0 spiro atoms. The Morgan fingerprint density at radius 1 is 0.688 bits per heavy atom. The maximum absolute atomic E-state index is 11.9. The average molecular weight is 444 g/mol. The second kappa shape index (κ2) is 12.5. The number of methoxy groups -OCH3 is 2. The minimum Gasteiger partial charge on any atom is -0.497 e. The molecule has 0 fully saturated rings. The highest BCUT2D eigenvalue weighted by Crippen LogP contribution is 2.13.